The second kappa shape index (κ2) is 9.09. The monoisotopic (exact) mass is 396 g/mol. The van der Waals surface area contributed by atoms with Crippen molar-refractivity contribution in [3.05, 3.63) is 71.4 Å². The Balaban J connectivity index is 1.59. The molecule has 0 radical (unpaired) electrons. The second-order valence-corrected chi connectivity index (χ2v) is 6.64. The molecule has 3 rings (SSSR count). The van der Waals surface area contributed by atoms with Crippen LogP contribution in [-0.4, -0.2) is 35.2 Å². The summed E-state index contributed by atoms with van der Waals surface area (Å²) in [6.07, 6.45) is 1.57. The van der Waals surface area contributed by atoms with Crippen LogP contribution in [0.2, 0.25) is 0 Å². The van der Waals surface area contributed by atoms with Crippen molar-refractivity contribution in [2.24, 2.45) is 0 Å². The number of hydrogen-bond acceptors (Lipinski definition) is 5. The highest BCUT2D eigenvalue weighted by Crippen LogP contribution is 2.20. The average molecular weight is 396 g/mol. The highest BCUT2D eigenvalue weighted by molar-refractivity contribution is 6.35. The van der Waals surface area contributed by atoms with Crippen molar-refractivity contribution in [1.29, 1.82) is 0 Å². The van der Waals surface area contributed by atoms with Crippen molar-refractivity contribution in [3.63, 3.8) is 0 Å². The largest absolute Gasteiger partial charge is 0.497 e. The first kappa shape index (κ1) is 20.2. The maximum atomic E-state index is 12.3. The number of aromatic nitrogens is 2. The molecule has 2 N–H and O–H groups in total. The van der Waals surface area contributed by atoms with E-state index in [1.807, 2.05) is 38.1 Å². The van der Waals surface area contributed by atoms with Gasteiger partial charge in [0, 0.05) is 18.8 Å². The van der Waals surface area contributed by atoms with Crippen LogP contribution in [0, 0.1) is 13.8 Å². The molecule has 8 nitrogen and oxygen atoms in total. The summed E-state index contributed by atoms with van der Waals surface area (Å²) in [6, 6.07) is 12.4. The molecule has 0 fully saturated rings. The van der Waals surface area contributed by atoms with Crippen LogP contribution in [0.1, 0.15) is 28.8 Å². The van der Waals surface area contributed by atoms with Gasteiger partial charge in [-0.2, -0.15) is 5.10 Å². The fourth-order valence-corrected chi connectivity index (χ4v) is 3.03. The maximum Gasteiger partial charge on any atom is 0.309 e. The summed E-state index contributed by atoms with van der Waals surface area (Å²) in [5.74, 6) is -0.0370. The van der Waals surface area contributed by atoms with E-state index in [9.17, 15) is 9.59 Å². The number of nitrogens with zero attached hydrogens (tertiary/aromatic N) is 2. The Morgan fingerprint density at radius 2 is 1.86 bits per heavy atom. The molecule has 8 heteroatoms. The van der Waals surface area contributed by atoms with E-state index in [2.05, 4.69) is 15.7 Å². The average Bonchev–Trinajstić information content (AvgIpc) is 3.36. The van der Waals surface area contributed by atoms with E-state index in [-0.39, 0.29) is 19.1 Å². The van der Waals surface area contributed by atoms with Gasteiger partial charge in [-0.1, -0.05) is 12.1 Å². The molecule has 29 heavy (non-hydrogen) atoms. The molecule has 0 saturated carbocycles. The molecule has 2 amide bonds. The molecule has 1 aromatic carbocycles. The highest BCUT2D eigenvalue weighted by Gasteiger charge is 2.22. The van der Waals surface area contributed by atoms with Crippen LogP contribution in [0.3, 0.4) is 0 Å². The van der Waals surface area contributed by atoms with Crippen molar-refractivity contribution < 1.29 is 18.7 Å². The number of amides is 2. The van der Waals surface area contributed by atoms with E-state index in [1.54, 1.807) is 36.3 Å². The zero-order valence-electron chi connectivity index (χ0n) is 16.6. The first-order chi connectivity index (χ1) is 14.0. The number of carbonyl (C=O) groups is 2. The SMILES string of the molecule is COc1ccc(CNC(=O)C(=O)NC[C@H](c2ccco2)n2nc(C)cc2C)cc1. The number of rotatable bonds is 7. The van der Waals surface area contributed by atoms with Crippen LogP contribution in [0.15, 0.2) is 53.1 Å². The van der Waals surface area contributed by atoms with Crippen LogP contribution < -0.4 is 15.4 Å². The van der Waals surface area contributed by atoms with Crippen molar-refractivity contribution >= 4 is 11.8 Å². The van der Waals surface area contributed by atoms with Crippen molar-refractivity contribution in [1.82, 2.24) is 20.4 Å². The van der Waals surface area contributed by atoms with Gasteiger partial charge in [0.2, 0.25) is 0 Å². The highest BCUT2D eigenvalue weighted by atomic mass is 16.5. The van der Waals surface area contributed by atoms with Gasteiger partial charge in [-0.3, -0.25) is 14.3 Å². The third kappa shape index (κ3) is 5.04. The Kier molecular flexibility index (Phi) is 6.33. The lowest BCUT2D eigenvalue weighted by atomic mass is 10.2. The van der Waals surface area contributed by atoms with Gasteiger partial charge in [0.1, 0.15) is 17.6 Å². The lowest BCUT2D eigenvalue weighted by Crippen LogP contribution is -2.42. The number of nitrogens with one attached hydrogen (secondary N) is 2. The van der Waals surface area contributed by atoms with Crippen LogP contribution in [0.5, 0.6) is 5.75 Å². The lowest BCUT2D eigenvalue weighted by Gasteiger charge is -2.18. The van der Waals surface area contributed by atoms with E-state index < -0.39 is 11.8 Å². The summed E-state index contributed by atoms with van der Waals surface area (Å²) >= 11 is 0. The van der Waals surface area contributed by atoms with E-state index in [0.717, 1.165) is 22.7 Å². The zero-order chi connectivity index (χ0) is 20.8. The number of carbonyl (C=O) groups excluding carboxylic acids is 2. The van der Waals surface area contributed by atoms with E-state index in [4.69, 9.17) is 9.15 Å². The molecule has 3 aromatic rings. The molecule has 0 unspecified atom stereocenters. The van der Waals surface area contributed by atoms with Gasteiger partial charge in [-0.25, -0.2) is 0 Å². The summed E-state index contributed by atoms with van der Waals surface area (Å²) < 4.78 is 12.4. The smallest absolute Gasteiger partial charge is 0.309 e. The summed E-state index contributed by atoms with van der Waals surface area (Å²) in [4.78, 5) is 24.4. The molecule has 0 aliphatic rings. The minimum absolute atomic E-state index is 0.171. The Labute approximate surface area is 168 Å². The lowest BCUT2D eigenvalue weighted by molar-refractivity contribution is -0.139. The number of methoxy groups -OCH3 is 1. The van der Waals surface area contributed by atoms with Crippen LogP contribution in [0.25, 0.3) is 0 Å². The number of aryl methyl sites for hydroxylation is 2. The first-order valence-corrected chi connectivity index (χ1v) is 9.23. The molecular formula is C21H24N4O4. The normalized spacial score (nSPS) is 11.7. The molecule has 0 aliphatic heterocycles. The third-order valence-corrected chi connectivity index (χ3v) is 4.49. The molecule has 152 valence electrons. The Morgan fingerprint density at radius 3 is 2.45 bits per heavy atom. The zero-order valence-corrected chi connectivity index (χ0v) is 16.6. The van der Waals surface area contributed by atoms with Crippen LogP contribution >= 0.6 is 0 Å². The minimum Gasteiger partial charge on any atom is -0.497 e. The molecule has 0 aliphatic carbocycles. The molecule has 0 saturated heterocycles. The Morgan fingerprint density at radius 1 is 1.14 bits per heavy atom. The number of hydrogen-bond donors (Lipinski definition) is 2. The van der Waals surface area contributed by atoms with Crippen molar-refractivity contribution in [2.75, 3.05) is 13.7 Å². The van der Waals surface area contributed by atoms with Gasteiger partial charge >= 0.3 is 11.8 Å². The van der Waals surface area contributed by atoms with Gasteiger partial charge in [0.25, 0.3) is 0 Å². The fourth-order valence-electron chi connectivity index (χ4n) is 3.03. The van der Waals surface area contributed by atoms with E-state index >= 15 is 0 Å². The Bertz CT molecular complexity index is 961. The number of ether oxygens (including phenoxy) is 1. The Hall–Kier alpha value is -3.55. The molecule has 0 spiro atoms. The first-order valence-electron chi connectivity index (χ1n) is 9.23. The van der Waals surface area contributed by atoms with E-state index in [1.165, 1.54) is 0 Å². The van der Waals surface area contributed by atoms with Gasteiger partial charge in [-0.05, 0) is 49.7 Å². The molecular weight excluding hydrogens is 372 g/mol. The predicted octanol–water partition coefficient (Wildman–Crippen LogP) is 2.12. The van der Waals surface area contributed by atoms with Crippen molar-refractivity contribution in [3.8, 4) is 5.75 Å². The van der Waals surface area contributed by atoms with Crippen LogP contribution in [-0.2, 0) is 16.1 Å². The number of benzene rings is 1. The molecule has 2 heterocycles. The molecule has 2 aromatic heterocycles. The van der Waals surface area contributed by atoms with Crippen molar-refractivity contribution in [2.45, 2.75) is 26.4 Å². The molecule has 1 atom stereocenters. The number of furan rings is 1. The maximum absolute atomic E-state index is 12.3. The fraction of sp³-hybridized carbons (Fsp3) is 0.286. The van der Waals surface area contributed by atoms with Gasteiger partial charge in [-0.15, -0.1) is 0 Å². The topological polar surface area (TPSA) is 98.4 Å². The minimum atomic E-state index is -0.711. The van der Waals surface area contributed by atoms with Gasteiger partial charge < -0.3 is 19.8 Å². The third-order valence-electron chi connectivity index (χ3n) is 4.49. The standard InChI is InChI=1S/C21H24N4O4/c1-14-11-15(2)25(24-14)18(19-5-4-10-29-19)13-23-21(27)20(26)22-12-16-6-8-17(28-3)9-7-16/h4-11,18H,12-13H2,1-3H3,(H,22,26)(H,23,27)/t18-/m1/s1. The van der Waals surface area contributed by atoms with Gasteiger partial charge in [0.05, 0.1) is 19.1 Å². The summed E-state index contributed by atoms with van der Waals surface area (Å²) in [5.41, 5.74) is 2.66. The predicted molar refractivity (Wildman–Crippen MR) is 106 cm³/mol. The summed E-state index contributed by atoms with van der Waals surface area (Å²) in [6.45, 7) is 4.24. The quantitative estimate of drug-likeness (QED) is 0.596. The summed E-state index contributed by atoms with van der Waals surface area (Å²) in [7, 11) is 1.59. The van der Waals surface area contributed by atoms with Crippen LogP contribution in [0.4, 0.5) is 0 Å². The van der Waals surface area contributed by atoms with E-state index in [0.29, 0.717) is 5.76 Å². The molecule has 0 bridgehead atoms. The summed E-state index contributed by atoms with van der Waals surface area (Å²) in [5, 5.41) is 9.75. The van der Waals surface area contributed by atoms with Gasteiger partial charge in [0.15, 0.2) is 0 Å². The second-order valence-electron chi connectivity index (χ2n) is 6.64.